The second-order valence-corrected chi connectivity index (χ2v) is 16.4. The summed E-state index contributed by atoms with van der Waals surface area (Å²) in [6.07, 6.45) is 10.5. The van der Waals surface area contributed by atoms with E-state index in [1.54, 1.807) is 12.3 Å². The van der Waals surface area contributed by atoms with Gasteiger partial charge in [-0.25, -0.2) is 13.6 Å². The van der Waals surface area contributed by atoms with Gasteiger partial charge in [-0.15, -0.1) is 0 Å². The molecule has 3 aromatic carbocycles. The van der Waals surface area contributed by atoms with Gasteiger partial charge in [0, 0.05) is 68.5 Å². The number of aromatic amines is 1. The first-order chi connectivity index (χ1) is 27.1. The van der Waals surface area contributed by atoms with Crippen LogP contribution in [0.5, 0.6) is 11.5 Å². The molecule has 1 saturated carbocycles. The number of nitro benzene ring substituents is 1. The van der Waals surface area contributed by atoms with Crippen molar-refractivity contribution in [1.82, 2.24) is 19.6 Å². The van der Waals surface area contributed by atoms with Crippen molar-refractivity contribution >= 4 is 62.2 Å². The van der Waals surface area contributed by atoms with Crippen LogP contribution in [0.15, 0.2) is 89.6 Å². The van der Waals surface area contributed by atoms with Crippen LogP contribution in [0.3, 0.4) is 0 Å². The summed E-state index contributed by atoms with van der Waals surface area (Å²) < 4.78 is 38.0. The molecule has 0 bridgehead atoms. The van der Waals surface area contributed by atoms with E-state index in [0.29, 0.717) is 43.0 Å². The third-order valence-corrected chi connectivity index (χ3v) is 12.7. The fraction of sp³-hybridized carbons (Fsp3) is 0.317. The molecular weight excluding hydrogens is 757 g/mol. The molecule has 8 rings (SSSR count). The molecule has 12 nitrogen and oxygen atoms in total. The Morgan fingerprint density at radius 1 is 1.07 bits per heavy atom. The van der Waals surface area contributed by atoms with Crippen LogP contribution in [0, 0.1) is 21.3 Å². The van der Waals surface area contributed by atoms with Crippen LogP contribution >= 0.6 is 11.6 Å². The van der Waals surface area contributed by atoms with Crippen LogP contribution in [0.4, 0.5) is 21.5 Å². The van der Waals surface area contributed by atoms with Gasteiger partial charge in [-0.1, -0.05) is 35.7 Å². The molecule has 0 radical (unpaired) electrons. The maximum Gasteiger partial charge on any atom is 0.293 e. The van der Waals surface area contributed by atoms with Gasteiger partial charge in [0.2, 0.25) is 0 Å². The summed E-state index contributed by atoms with van der Waals surface area (Å²) in [5.74, 6) is -1.17. The lowest BCUT2D eigenvalue weighted by molar-refractivity contribution is -0.384. The van der Waals surface area contributed by atoms with Crippen molar-refractivity contribution in [2.45, 2.75) is 43.4 Å². The molecule has 1 aliphatic heterocycles. The first-order valence-electron chi connectivity index (χ1n) is 18.7. The highest BCUT2D eigenvalue weighted by atomic mass is 35.5. The Kier molecular flexibility index (Phi) is 10.5. The Bertz CT molecular complexity index is 2370. The van der Waals surface area contributed by atoms with Gasteiger partial charge in [-0.05, 0) is 91.1 Å². The molecule has 3 N–H and O–H groups in total. The summed E-state index contributed by atoms with van der Waals surface area (Å²) in [7, 11) is -0.684. The number of halogens is 2. The smallest absolute Gasteiger partial charge is 0.293 e. The zero-order valence-corrected chi connectivity index (χ0v) is 32.4. The molecule has 56 heavy (non-hydrogen) atoms. The fourth-order valence-corrected chi connectivity index (χ4v) is 9.08. The molecule has 3 aliphatic rings. The van der Waals surface area contributed by atoms with E-state index in [9.17, 15) is 19.1 Å². The minimum absolute atomic E-state index is 0.00425. The molecule has 3 heterocycles. The number of allylic oxidation sites excluding steroid dienone is 1. The number of nitro groups is 1. The van der Waals surface area contributed by atoms with Gasteiger partial charge in [-0.2, -0.15) is 0 Å². The van der Waals surface area contributed by atoms with E-state index in [0.717, 1.165) is 41.9 Å². The van der Waals surface area contributed by atoms with Crippen molar-refractivity contribution < 1.29 is 23.1 Å². The maximum atomic E-state index is 16.1. The lowest BCUT2D eigenvalue weighted by Crippen LogP contribution is -2.47. The first-order valence-corrected chi connectivity index (χ1v) is 20.2. The Hall–Kier alpha value is -5.31. The van der Waals surface area contributed by atoms with E-state index in [1.165, 1.54) is 73.8 Å². The second-order valence-electron chi connectivity index (χ2n) is 14.8. The van der Waals surface area contributed by atoms with Crippen molar-refractivity contribution in [3.05, 3.63) is 117 Å². The van der Waals surface area contributed by atoms with Crippen LogP contribution in [0.2, 0.25) is 5.02 Å². The number of benzene rings is 3. The molecule has 1 atom stereocenters. The summed E-state index contributed by atoms with van der Waals surface area (Å²) in [6, 6.07) is 18.3. The highest BCUT2D eigenvalue weighted by Crippen LogP contribution is 2.55. The Balaban J connectivity index is 1.03. The zero-order chi connectivity index (χ0) is 39.0. The van der Waals surface area contributed by atoms with E-state index in [1.807, 2.05) is 23.1 Å². The fourth-order valence-electron chi connectivity index (χ4n) is 8.14. The SMILES string of the molecule is CNc1ccc(S(=O)NC(=O)c2cc(F)c(N3CCN(CC4=C(c5ccc(Cl)cc5)CC5(CCC5)CC4)CC3)cc2Oc2cnc3[nH]ccc3c2)cc1[N+](=O)[O-]. The minimum Gasteiger partial charge on any atom is -0.455 e. The van der Waals surface area contributed by atoms with E-state index in [4.69, 9.17) is 16.3 Å². The summed E-state index contributed by atoms with van der Waals surface area (Å²) in [6.45, 7) is 3.39. The number of amides is 1. The van der Waals surface area contributed by atoms with Crippen molar-refractivity contribution in [1.29, 1.82) is 0 Å². The number of anilines is 2. The van der Waals surface area contributed by atoms with Crippen LogP contribution in [0.1, 0.15) is 54.4 Å². The quantitative estimate of drug-likeness (QED) is 0.0885. The van der Waals surface area contributed by atoms with Crippen molar-refractivity contribution in [3.63, 3.8) is 0 Å². The largest absolute Gasteiger partial charge is 0.455 e. The van der Waals surface area contributed by atoms with E-state index in [-0.39, 0.29) is 33.3 Å². The normalized spacial score (nSPS) is 17.4. The zero-order valence-electron chi connectivity index (χ0n) is 30.8. The van der Waals surface area contributed by atoms with Crippen molar-refractivity contribution in [2.24, 2.45) is 5.41 Å². The van der Waals surface area contributed by atoms with Crippen LogP contribution in [0.25, 0.3) is 16.6 Å². The Morgan fingerprint density at radius 3 is 2.57 bits per heavy atom. The monoisotopic (exact) mass is 797 g/mol. The predicted octanol–water partition coefficient (Wildman–Crippen LogP) is 8.48. The summed E-state index contributed by atoms with van der Waals surface area (Å²) in [4.78, 5) is 36.5. The number of ether oxygens (including phenoxy) is 1. The summed E-state index contributed by atoms with van der Waals surface area (Å²) in [5, 5.41) is 15.8. The standard InChI is InChI=1S/C41H41ClFN7O5S/c1-44-35-8-7-31(20-37(35)50(52)53)56(54)47-40(51)32-21-34(43)36(22-38(32)55-30-19-27-10-14-45-39(27)46-24-30)49-17-15-48(16-18-49)25-28-9-13-41(11-2-12-41)23-33(28)26-3-5-29(42)6-4-26/h3-8,10,14,19-22,24,44H,2,9,11-13,15-18,23,25H2,1H3,(H,45,46)(H,47,51). The number of aromatic nitrogens is 2. The molecule has 1 spiro atoms. The predicted molar refractivity (Wildman–Crippen MR) is 216 cm³/mol. The molecule has 15 heteroatoms. The van der Waals surface area contributed by atoms with E-state index < -0.39 is 27.6 Å². The highest BCUT2D eigenvalue weighted by molar-refractivity contribution is 7.83. The van der Waals surface area contributed by atoms with E-state index in [2.05, 4.69) is 37.0 Å². The molecule has 2 fully saturated rings. The average Bonchev–Trinajstić information content (AvgIpc) is 3.66. The number of nitrogens with zero attached hydrogens (tertiary/aromatic N) is 4. The molecular formula is C41H41ClFN7O5S. The van der Waals surface area contributed by atoms with Crippen LogP contribution in [-0.2, 0) is 11.0 Å². The third kappa shape index (κ3) is 7.73. The molecule has 290 valence electrons. The topological polar surface area (TPSA) is 146 Å². The number of rotatable bonds is 11. The number of nitrogens with one attached hydrogen (secondary N) is 3. The molecule has 1 amide bonds. The van der Waals surface area contributed by atoms with Crippen molar-refractivity contribution in [2.75, 3.05) is 50.0 Å². The van der Waals surface area contributed by atoms with Crippen molar-refractivity contribution in [3.8, 4) is 11.5 Å². The molecule has 5 aromatic rings. The second kappa shape index (κ2) is 15.7. The van der Waals surface area contributed by atoms with Gasteiger partial charge >= 0.3 is 0 Å². The average molecular weight is 798 g/mol. The number of carbonyl (C=O) groups is 1. The number of hydrogen-bond donors (Lipinski definition) is 3. The van der Waals surface area contributed by atoms with Gasteiger partial charge in [0.25, 0.3) is 11.6 Å². The van der Waals surface area contributed by atoms with Gasteiger partial charge in [-0.3, -0.25) is 24.5 Å². The number of pyridine rings is 1. The van der Waals surface area contributed by atoms with Gasteiger partial charge in [0.1, 0.15) is 28.7 Å². The van der Waals surface area contributed by atoms with Crippen LogP contribution in [-0.4, -0.2) is 69.7 Å². The number of fused-ring (bicyclic) bond motifs is 1. The number of H-pyrrole nitrogens is 1. The third-order valence-electron chi connectivity index (χ3n) is 11.4. The number of carbonyl (C=O) groups excluding carboxylic acids is 1. The van der Waals surface area contributed by atoms with Gasteiger partial charge in [0.15, 0.2) is 11.0 Å². The summed E-state index contributed by atoms with van der Waals surface area (Å²) in [5.41, 5.74) is 5.22. The highest BCUT2D eigenvalue weighted by Gasteiger charge is 2.41. The lowest BCUT2D eigenvalue weighted by Gasteiger charge is -2.47. The number of piperazine rings is 1. The minimum atomic E-state index is -2.21. The number of hydrogen-bond acceptors (Lipinski definition) is 9. The Morgan fingerprint density at radius 2 is 1.86 bits per heavy atom. The lowest BCUT2D eigenvalue weighted by atomic mass is 9.59. The maximum absolute atomic E-state index is 16.1. The first kappa shape index (κ1) is 37.6. The Labute approximate surface area is 330 Å². The van der Waals surface area contributed by atoms with Crippen LogP contribution < -0.4 is 19.7 Å². The van der Waals surface area contributed by atoms with Gasteiger partial charge < -0.3 is 19.9 Å². The molecule has 2 aliphatic carbocycles. The summed E-state index contributed by atoms with van der Waals surface area (Å²) >= 11 is 6.25. The molecule has 2 aromatic heterocycles. The van der Waals surface area contributed by atoms with Gasteiger partial charge in [0.05, 0.1) is 27.3 Å². The molecule has 1 saturated heterocycles. The molecule has 1 unspecified atom stereocenters. The van der Waals surface area contributed by atoms with E-state index >= 15 is 4.39 Å².